The molecule has 5 nitrogen and oxygen atoms in total. The van der Waals surface area contributed by atoms with E-state index in [9.17, 15) is 8.78 Å². The zero-order chi connectivity index (χ0) is 17.3. The van der Waals surface area contributed by atoms with E-state index in [1.807, 2.05) is 0 Å². The highest BCUT2D eigenvalue weighted by molar-refractivity contribution is 6.36. The second kappa shape index (κ2) is 6.39. The summed E-state index contributed by atoms with van der Waals surface area (Å²) in [6.07, 6.45) is 1.47. The Morgan fingerprint density at radius 3 is 2.58 bits per heavy atom. The van der Waals surface area contributed by atoms with Crippen LogP contribution in [0.2, 0.25) is 5.02 Å². The van der Waals surface area contributed by atoms with Crippen molar-refractivity contribution in [3.05, 3.63) is 69.2 Å². The molecule has 0 aliphatic carbocycles. The van der Waals surface area contributed by atoms with Gasteiger partial charge in [-0.3, -0.25) is 0 Å². The van der Waals surface area contributed by atoms with Crippen LogP contribution < -0.4 is 0 Å². The van der Waals surface area contributed by atoms with E-state index in [4.69, 9.17) is 17.1 Å². The number of rotatable bonds is 3. The fourth-order valence-electron chi connectivity index (χ4n) is 2.60. The molecule has 24 heavy (non-hydrogen) atoms. The Bertz CT molecular complexity index is 965. The summed E-state index contributed by atoms with van der Waals surface area (Å²) in [5.74, 6) is -1.45. The van der Waals surface area contributed by atoms with Crippen molar-refractivity contribution in [3.8, 4) is 11.1 Å². The van der Waals surface area contributed by atoms with Crippen LogP contribution in [-0.4, -0.2) is 10.2 Å². The van der Waals surface area contributed by atoms with Crippen molar-refractivity contribution >= 4 is 22.5 Å². The molecule has 8 heteroatoms. The highest BCUT2D eigenvalue weighted by Gasteiger charge is 2.19. The van der Waals surface area contributed by atoms with Crippen molar-refractivity contribution in [1.29, 1.82) is 0 Å². The van der Waals surface area contributed by atoms with Gasteiger partial charge >= 0.3 is 0 Å². The zero-order valence-corrected chi connectivity index (χ0v) is 13.2. The molecular weight excluding hydrogens is 336 g/mol. The fourth-order valence-corrected chi connectivity index (χ4v) is 2.87. The average molecular weight is 346 g/mol. The second-order valence-electron chi connectivity index (χ2n) is 5.16. The Morgan fingerprint density at radius 2 is 1.92 bits per heavy atom. The summed E-state index contributed by atoms with van der Waals surface area (Å²) in [5.41, 5.74) is 10.3. The maximum Gasteiger partial charge on any atom is 0.126 e. The van der Waals surface area contributed by atoms with Crippen molar-refractivity contribution in [2.24, 2.45) is 5.11 Å². The molecule has 120 valence electrons. The summed E-state index contributed by atoms with van der Waals surface area (Å²) in [6.45, 7) is 1.66. The van der Waals surface area contributed by atoms with Crippen LogP contribution in [0.25, 0.3) is 32.5 Å². The summed E-state index contributed by atoms with van der Waals surface area (Å²) in [6, 6.07) is 5.82. The quantitative estimate of drug-likeness (QED) is 0.352. The standard InChI is InChI=1S/C16H10ClF2N5/c1-8(22-24-20)13-7-14(17)12-2-3-21-23-16(12)15(13)9-4-10(18)6-11(19)5-9/h2-8H,1H3. The summed E-state index contributed by atoms with van der Waals surface area (Å²) in [5, 5.41) is 12.5. The van der Waals surface area contributed by atoms with Gasteiger partial charge in [-0.25, -0.2) is 8.78 Å². The van der Waals surface area contributed by atoms with Gasteiger partial charge < -0.3 is 0 Å². The van der Waals surface area contributed by atoms with Gasteiger partial charge in [0.1, 0.15) is 17.2 Å². The Labute approximate surface area is 140 Å². The van der Waals surface area contributed by atoms with Crippen LogP contribution in [-0.2, 0) is 0 Å². The van der Waals surface area contributed by atoms with Crippen LogP contribution in [0.3, 0.4) is 0 Å². The fraction of sp³-hybridized carbons (Fsp3) is 0.125. The monoisotopic (exact) mass is 345 g/mol. The van der Waals surface area contributed by atoms with Crippen LogP contribution in [0.5, 0.6) is 0 Å². The number of hydrogen-bond donors (Lipinski definition) is 0. The lowest BCUT2D eigenvalue weighted by atomic mass is 9.93. The first kappa shape index (κ1) is 16.1. The Morgan fingerprint density at radius 1 is 1.21 bits per heavy atom. The first-order chi connectivity index (χ1) is 11.5. The molecule has 1 atom stereocenters. The van der Waals surface area contributed by atoms with Gasteiger partial charge in [0.2, 0.25) is 0 Å². The van der Waals surface area contributed by atoms with Crippen LogP contribution in [0.4, 0.5) is 8.78 Å². The normalized spacial score (nSPS) is 12.0. The number of halogens is 3. The smallest absolute Gasteiger partial charge is 0.126 e. The SMILES string of the molecule is CC(N=[N+]=[N-])c1cc(Cl)c2ccnnc2c1-c1cc(F)cc(F)c1. The van der Waals surface area contributed by atoms with Crippen molar-refractivity contribution in [3.63, 3.8) is 0 Å². The summed E-state index contributed by atoms with van der Waals surface area (Å²) < 4.78 is 27.4. The van der Waals surface area contributed by atoms with Crippen molar-refractivity contribution in [1.82, 2.24) is 10.2 Å². The van der Waals surface area contributed by atoms with Crippen LogP contribution >= 0.6 is 11.6 Å². The molecular formula is C16H10ClF2N5. The topological polar surface area (TPSA) is 74.5 Å². The third-order valence-corrected chi connectivity index (χ3v) is 3.92. The van der Waals surface area contributed by atoms with Gasteiger partial charge in [-0.05, 0) is 40.9 Å². The molecule has 0 saturated heterocycles. The lowest BCUT2D eigenvalue weighted by molar-refractivity contribution is 0.584. The van der Waals surface area contributed by atoms with Crippen LogP contribution in [0, 0.1) is 11.6 Å². The van der Waals surface area contributed by atoms with Gasteiger partial charge in [0.15, 0.2) is 0 Å². The minimum absolute atomic E-state index is 0.268. The highest BCUT2D eigenvalue weighted by Crippen LogP contribution is 2.39. The molecule has 0 N–H and O–H groups in total. The average Bonchev–Trinajstić information content (AvgIpc) is 2.54. The molecule has 2 aromatic carbocycles. The van der Waals surface area contributed by atoms with E-state index >= 15 is 0 Å². The predicted molar refractivity (Wildman–Crippen MR) is 87.5 cm³/mol. The lowest BCUT2D eigenvalue weighted by Crippen LogP contribution is -1.99. The summed E-state index contributed by atoms with van der Waals surface area (Å²) in [4.78, 5) is 2.79. The molecule has 0 amide bonds. The molecule has 1 unspecified atom stereocenters. The number of fused-ring (bicyclic) bond motifs is 1. The predicted octanol–water partition coefficient (Wildman–Crippen LogP) is 5.60. The Balaban J connectivity index is 2.44. The maximum absolute atomic E-state index is 13.7. The van der Waals surface area contributed by atoms with E-state index in [2.05, 4.69) is 20.2 Å². The zero-order valence-electron chi connectivity index (χ0n) is 12.4. The molecule has 0 aliphatic rings. The van der Waals surface area contributed by atoms with Gasteiger partial charge in [-0.2, -0.15) is 5.10 Å². The molecule has 3 rings (SSSR count). The van der Waals surface area contributed by atoms with Gasteiger partial charge in [0.25, 0.3) is 0 Å². The molecule has 0 radical (unpaired) electrons. The molecule has 0 spiro atoms. The molecule has 0 saturated carbocycles. The molecule has 1 heterocycles. The van der Waals surface area contributed by atoms with E-state index in [0.717, 1.165) is 6.07 Å². The molecule has 1 aromatic heterocycles. The van der Waals surface area contributed by atoms with Crippen LogP contribution in [0.1, 0.15) is 18.5 Å². The first-order valence-corrected chi connectivity index (χ1v) is 7.33. The summed E-state index contributed by atoms with van der Waals surface area (Å²) in [7, 11) is 0. The molecule has 0 aliphatic heterocycles. The Hall–Kier alpha value is -2.76. The van der Waals surface area contributed by atoms with Crippen molar-refractivity contribution in [2.45, 2.75) is 13.0 Å². The van der Waals surface area contributed by atoms with Crippen molar-refractivity contribution < 1.29 is 8.78 Å². The third-order valence-electron chi connectivity index (χ3n) is 3.61. The minimum atomic E-state index is -0.723. The molecule has 0 fully saturated rings. The number of nitrogens with zero attached hydrogens (tertiary/aromatic N) is 5. The minimum Gasteiger partial charge on any atom is -0.207 e. The first-order valence-electron chi connectivity index (χ1n) is 6.95. The van der Waals surface area contributed by atoms with Gasteiger partial charge in [0.05, 0.1) is 17.3 Å². The maximum atomic E-state index is 13.7. The third kappa shape index (κ3) is 2.87. The largest absolute Gasteiger partial charge is 0.207 e. The summed E-state index contributed by atoms with van der Waals surface area (Å²) >= 11 is 6.28. The molecule has 3 aromatic rings. The second-order valence-corrected chi connectivity index (χ2v) is 5.56. The number of hydrogen-bond acceptors (Lipinski definition) is 3. The number of benzene rings is 2. The van der Waals surface area contributed by atoms with Crippen molar-refractivity contribution in [2.75, 3.05) is 0 Å². The van der Waals surface area contributed by atoms with E-state index in [1.165, 1.54) is 18.3 Å². The number of azide groups is 1. The van der Waals surface area contributed by atoms with Gasteiger partial charge in [0, 0.05) is 21.9 Å². The van der Waals surface area contributed by atoms with Crippen LogP contribution in [0.15, 0.2) is 41.6 Å². The van der Waals surface area contributed by atoms with E-state index in [1.54, 1.807) is 19.1 Å². The van der Waals surface area contributed by atoms with Gasteiger partial charge in [-0.15, -0.1) is 5.10 Å². The highest BCUT2D eigenvalue weighted by atomic mass is 35.5. The van der Waals surface area contributed by atoms with E-state index < -0.39 is 17.7 Å². The Kier molecular flexibility index (Phi) is 4.29. The lowest BCUT2D eigenvalue weighted by Gasteiger charge is -2.16. The number of aromatic nitrogens is 2. The molecule has 0 bridgehead atoms. The van der Waals surface area contributed by atoms with E-state index in [-0.39, 0.29) is 5.56 Å². The van der Waals surface area contributed by atoms with Gasteiger partial charge in [-0.1, -0.05) is 23.6 Å². The van der Waals surface area contributed by atoms with E-state index in [0.29, 0.717) is 27.1 Å².